The van der Waals surface area contributed by atoms with E-state index < -0.39 is 0 Å². The summed E-state index contributed by atoms with van der Waals surface area (Å²) in [6.45, 7) is 0. The monoisotopic (exact) mass is 315 g/mol. The molecule has 1 aromatic carbocycles. The third kappa shape index (κ3) is 2.66. The van der Waals surface area contributed by atoms with Gasteiger partial charge in [0.25, 0.3) is 0 Å². The number of halogens is 2. The lowest BCUT2D eigenvalue weighted by molar-refractivity contribution is 0.730. The molecule has 0 spiro atoms. The molecule has 0 fully saturated rings. The van der Waals surface area contributed by atoms with Crippen molar-refractivity contribution in [3.63, 3.8) is 0 Å². The van der Waals surface area contributed by atoms with Gasteiger partial charge in [0.15, 0.2) is 0 Å². The van der Waals surface area contributed by atoms with Gasteiger partial charge in [0.1, 0.15) is 0 Å². The Morgan fingerprint density at radius 1 is 1.31 bits per heavy atom. The highest BCUT2D eigenvalue weighted by Gasteiger charge is 2.12. The van der Waals surface area contributed by atoms with Crippen molar-refractivity contribution in [1.29, 1.82) is 0 Å². The standard InChI is InChI=1S/C12H11BrClNS/c13-10-5-1-4-9(12(10)14)11(15)7-8-3-2-6-16-8/h1-6,11H,7,15H2. The van der Waals surface area contributed by atoms with Crippen LogP contribution in [0.3, 0.4) is 0 Å². The van der Waals surface area contributed by atoms with Crippen LogP contribution in [0, 0.1) is 0 Å². The lowest BCUT2D eigenvalue weighted by Gasteiger charge is -2.13. The van der Waals surface area contributed by atoms with E-state index in [1.165, 1.54) is 4.88 Å². The van der Waals surface area contributed by atoms with E-state index in [4.69, 9.17) is 17.3 Å². The van der Waals surface area contributed by atoms with Crippen LogP contribution in [0.5, 0.6) is 0 Å². The van der Waals surface area contributed by atoms with Gasteiger partial charge in [-0.05, 0) is 39.0 Å². The van der Waals surface area contributed by atoms with Crippen LogP contribution in [-0.2, 0) is 6.42 Å². The van der Waals surface area contributed by atoms with Gasteiger partial charge in [-0.1, -0.05) is 29.8 Å². The Labute approximate surface area is 112 Å². The molecule has 2 aromatic rings. The fraction of sp³-hybridized carbons (Fsp3) is 0.167. The molecule has 1 atom stereocenters. The molecule has 0 radical (unpaired) electrons. The fourth-order valence-electron chi connectivity index (χ4n) is 1.56. The number of thiophene rings is 1. The van der Waals surface area contributed by atoms with Gasteiger partial charge in [-0.15, -0.1) is 11.3 Å². The second-order valence-electron chi connectivity index (χ2n) is 3.53. The Hall–Kier alpha value is -0.350. The zero-order chi connectivity index (χ0) is 11.5. The van der Waals surface area contributed by atoms with Crippen LogP contribution in [-0.4, -0.2) is 0 Å². The molecule has 1 aromatic heterocycles. The van der Waals surface area contributed by atoms with Gasteiger partial charge in [0, 0.05) is 21.8 Å². The second kappa shape index (κ2) is 5.32. The van der Waals surface area contributed by atoms with Crippen LogP contribution < -0.4 is 5.73 Å². The van der Waals surface area contributed by atoms with Gasteiger partial charge in [-0.25, -0.2) is 0 Å². The maximum atomic E-state index is 6.20. The number of rotatable bonds is 3. The molecule has 0 aliphatic carbocycles. The summed E-state index contributed by atoms with van der Waals surface area (Å²) in [5.41, 5.74) is 7.15. The molecule has 0 aliphatic rings. The van der Waals surface area contributed by atoms with Gasteiger partial charge >= 0.3 is 0 Å². The molecule has 0 amide bonds. The maximum absolute atomic E-state index is 6.20. The van der Waals surface area contributed by atoms with Gasteiger partial charge < -0.3 is 5.73 Å². The first-order valence-corrected chi connectivity index (χ1v) is 6.95. The summed E-state index contributed by atoms with van der Waals surface area (Å²) in [4.78, 5) is 1.28. The Kier molecular flexibility index (Phi) is 4.03. The minimum absolute atomic E-state index is 0.0522. The predicted molar refractivity (Wildman–Crippen MR) is 74.1 cm³/mol. The molecule has 84 valence electrons. The fourth-order valence-corrected chi connectivity index (χ4v) is 2.97. The minimum atomic E-state index is -0.0522. The number of nitrogens with two attached hydrogens (primary N) is 1. The molecule has 1 heterocycles. The SMILES string of the molecule is NC(Cc1cccs1)c1cccc(Br)c1Cl. The molecule has 1 nitrogen and oxygen atoms in total. The van der Waals surface area contributed by atoms with Crippen LogP contribution in [0.4, 0.5) is 0 Å². The molecular formula is C12H11BrClNS. The van der Waals surface area contributed by atoms with Gasteiger partial charge in [0.05, 0.1) is 5.02 Å². The molecule has 0 saturated carbocycles. The summed E-state index contributed by atoms with van der Waals surface area (Å²) in [6.07, 6.45) is 0.827. The van der Waals surface area contributed by atoms with Crippen molar-refractivity contribution in [1.82, 2.24) is 0 Å². The Balaban J connectivity index is 2.21. The zero-order valence-electron chi connectivity index (χ0n) is 8.49. The third-order valence-electron chi connectivity index (χ3n) is 2.38. The lowest BCUT2D eigenvalue weighted by Crippen LogP contribution is -2.13. The highest BCUT2D eigenvalue weighted by molar-refractivity contribution is 9.10. The molecule has 2 N–H and O–H groups in total. The van der Waals surface area contributed by atoms with Crippen molar-refractivity contribution < 1.29 is 0 Å². The summed E-state index contributed by atoms with van der Waals surface area (Å²) < 4.78 is 0.897. The number of benzene rings is 1. The van der Waals surface area contributed by atoms with E-state index in [9.17, 15) is 0 Å². The van der Waals surface area contributed by atoms with E-state index in [0.29, 0.717) is 5.02 Å². The number of hydrogen-bond acceptors (Lipinski definition) is 2. The molecule has 4 heteroatoms. The van der Waals surface area contributed by atoms with Crippen molar-refractivity contribution in [2.24, 2.45) is 5.73 Å². The molecule has 0 aliphatic heterocycles. The zero-order valence-corrected chi connectivity index (χ0v) is 11.6. The molecule has 0 saturated heterocycles. The normalized spacial score (nSPS) is 12.7. The van der Waals surface area contributed by atoms with Crippen LogP contribution in [0.25, 0.3) is 0 Å². The first-order chi connectivity index (χ1) is 7.68. The van der Waals surface area contributed by atoms with E-state index in [2.05, 4.69) is 27.4 Å². The average molecular weight is 317 g/mol. The Bertz CT molecular complexity index is 470. The molecule has 2 rings (SSSR count). The summed E-state index contributed by atoms with van der Waals surface area (Å²) in [7, 11) is 0. The summed E-state index contributed by atoms with van der Waals surface area (Å²) in [5.74, 6) is 0. The third-order valence-corrected chi connectivity index (χ3v) is 4.59. The molecule has 16 heavy (non-hydrogen) atoms. The lowest BCUT2D eigenvalue weighted by atomic mass is 10.0. The van der Waals surface area contributed by atoms with Crippen molar-refractivity contribution in [3.8, 4) is 0 Å². The highest BCUT2D eigenvalue weighted by Crippen LogP contribution is 2.31. The van der Waals surface area contributed by atoms with Crippen LogP contribution >= 0.6 is 38.9 Å². The molecule has 0 bridgehead atoms. The minimum Gasteiger partial charge on any atom is -0.324 e. The van der Waals surface area contributed by atoms with Crippen molar-refractivity contribution in [3.05, 3.63) is 55.6 Å². The summed E-state index contributed by atoms with van der Waals surface area (Å²) in [5, 5.41) is 2.77. The van der Waals surface area contributed by atoms with Gasteiger partial charge in [-0.2, -0.15) is 0 Å². The Morgan fingerprint density at radius 2 is 2.12 bits per heavy atom. The quantitative estimate of drug-likeness (QED) is 0.892. The van der Waals surface area contributed by atoms with Crippen LogP contribution in [0.1, 0.15) is 16.5 Å². The first-order valence-electron chi connectivity index (χ1n) is 4.90. The smallest absolute Gasteiger partial charge is 0.0595 e. The first kappa shape index (κ1) is 12.1. The van der Waals surface area contributed by atoms with Crippen molar-refractivity contribution >= 4 is 38.9 Å². The largest absolute Gasteiger partial charge is 0.324 e. The maximum Gasteiger partial charge on any atom is 0.0595 e. The van der Waals surface area contributed by atoms with Crippen molar-refractivity contribution in [2.75, 3.05) is 0 Å². The van der Waals surface area contributed by atoms with E-state index in [1.54, 1.807) is 11.3 Å². The van der Waals surface area contributed by atoms with Crippen LogP contribution in [0.2, 0.25) is 5.02 Å². The number of hydrogen-bond donors (Lipinski definition) is 1. The molecule has 1 unspecified atom stereocenters. The van der Waals surface area contributed by atoms with E-state index in [1.807, 2.05) is 24.3 Å². The van der Waals surface area contributed by atoms with Crippen LogP contribution in [0.15, 0.2) is 40.2 Å². The average Bonchev–Trinajstić information content (AvgIpc) is 2.74. The van der Waals surface area contributed by atoms with E-state index in [-0.39, 0.29) is 6.04 Å². The predicted octanol–water partition coefficient (Wildman–Crippen LogP) is 4.41. The van der Waals surface area contributed by atoms with E-state index in [0.717, 1.165) is 16.5 Å². The van der Waals surface area contributed by atoms with E-state index >= 15 is 0 Å². The second-order valence-corrected chi connectivity index (χ2v) is 5.80. The summed E-state index contributed by atoms with van der Waals surface area (Å²) in [6, 6.07) is 9.93. The molecular weight excluding hydrogens is 306 g/mol. The highest BCUT2D eigenvalue weighted by atomic mass is 79.9. The summed E-state index contributed by atoms with van der Waals surface area (Å²) >= 11 is 11.3. The Morgan fingerprint density at radius 3 is 2.81 bits per heavy atom. The van der Waals surface area contributed by atoms with Gasteiger partial charge in [-0.3, -0.25) is 0 Å². The van der Waals surface area contributed by atoms with Gasteiger partial charge in [0.2, 0.25) is 0 Å². The topological polar surface area (TPSA) is 26.0 Å². The van der Waals surface area contributed by atoms with Crippen molar-refractivity contribution in [2.45, 2.75) is 12.5 Å².